The van der Waals surface area contributed by atoms with Gasteiger partial charge in [-0.1, -0.05) is 0 Å². The fourth-order valence-corrected chi connectivity index (χ4v) is 1.39. The van der Waals surface area contributed by atoms with Crippen molar-refractivity contribution >= 4 is 17.6 Å². The van der Waals surface area contributed by atoms with Crippen LogP contribution < -0.4 is 11.1 Å². The molecule has 0 saturated carbocycles. The maximum Gasteiger partial charge on any atom is 0.335 e. The van der Waals surface area contributed by atoms with Crippen LogP contribution in [-0.2, 0) is 4.79 Å². The Kier molecular flexibility index (Phi) is 5.26. The van der Waals surface area contributed by atoms with E-state index < -0.39 is 11.8 Å². The monoisotopic (exact) mass is 254 g/mol. The van der Waals surface area contributed by atoms with Crippen molar-refractivity contribution in [2.45, 2.75) is 19.3 Å². The van der Waals surface area contributed by atoms with Crippen LogP contribution in [0.2, 0.25) is 0 Å². The molecule has 5 nitrogen and oxygen atoms in total. The number of halogens is 1. The van der Waals surface area contributed by atoms with E-state index in [1.807, 2.05) is 0 Å². The average molecular weight is 254 g/mol. The molecule has 0 aliphatic carbocycles. The molecule has 98 valence electrons. The van der Waals surface area contributed by atoms with Gasteiger partial charge in [-0.25, -0.2) is 9.18 Å². The first-order valence-corrected chi connectivity index (χ1v) is 5.57. The molecule has 0 fully saturated rings. The molecular weight excluding hydrogens is 239 g/mol. The second-order valence-corrected chi connectivity index (χ2v) is 3.79. The third-order valence-corrected chi connectivity index (χ3v) is 2.35. The smallest absolute Gasteiger partial charge is 0.335 e. The van der Waals surface area contributed by atoms with Crippen molar-refractivity contribution in [3.8, 4) is 0 Å². The van der Waals surface area contributed by atoms with Crippen LogP contribution >= 0.6 is 0 Å². The van der Waals surface area contributed by atoms with Crippen LogP contribution in [0.5, 0.6) is 0 Å². The Labute approximate surface area is 104 Å². The number of nitrogens with two attached hydrogens (primary N) is 1. The quantitative estimate of drug-likeness (QED) is 0.672. The molecule has 1 aromatic carbocycles. The largest absolute Gasteiger partial charge is 0.478 e. The van der Waals surface area contributed by atoms with Crippen LogP contribution in [0.15, 0.2) is 18.2 Å². The van der Waals surface area contributed by atoms with E-state index in [1.54, 1.807) is 0 Å². The van der Waals surface area contributed by atoms with Crippen molar-refractivity contribution in [2.24, 2.45) is 5.73 Å². The number of rotatable bonds is 6. The third-order valence-electron chi connectivity index (χ3n) is 2.35. The molecule has 0 radical (unpaired) electrons. The number of unbranched alkanes of at least 4 members (excludes halogenated alkanes) is 1. The predicted molar refractivity (Wildman–Crippen MR) is 64.9 cm³/mol. The van der Waals surface area contributed by atoms with E-state index in [4.69, 9.17) is 10.8 Å². The highest BCUT2D eigenvalue weighted by atomic mass is 19.1. The lowest BCUT2D eigenvalue weighted by atomic mass is 10.2. The summed E-state index contributed by atoms with van der Waals surface area (Å²) in [6, 6.07) is 3.35. The van der Waals surface area contributed by atoms with Gasteiger partial charge in [0.25, 0.3) is 0 Å². The van der Waals surface area contributed by atoms with Gasteiger partial charge < -0.3 is 16.2 Å². The molecule has 0 spiro atoms. The Bertz CT molecular complexity index is 449. The molecule has 0 heterocycles. The lowest BCUT2D eigenvalue weighted by Crippen LogP contribution is -2.13. The van der Waals surface area contributed by atoms with Crippen LogP contribution in [-0.4, -0.2) is 23.5 Å². The number of amides is 1. The number of anilines is 1. The van der Waals surface area contributed by atoms with Gasteiger partial charge in [0.15, 0.2) is 0 Å². The summed E-state index contributed by atoms with van der Waals surface area (Å²) in [5.41, 5.74) is 5.11. The second kappa shape index (κ2) is 6.70. The molecular formula is C12H15FN2O3. The minimum atomic E-state index is -1.21. The molecule has 0 bridgehead atoms. The highest BCUT2D eigenvalue weighted by molar-refractivity contribution is 5.92. The van der Waals surface area contributed by atoms with E-state index >= 15 is 0 Å². The molecule has 0 unspecified atom stereocenters. The fourth-order valence-electron chi connectivity index (χ4n) is 1.39. The van der Waals surface area contributed by atoms with Gasteiger partial charge in [0, 0.05) is 6.42 Å². The van der Waals surface area contributed by atoms with Crippen LogP contribution in [0.25, 0.3) is 0 Å². The highest BCUT2D eigenvalue weighted by Crippen LogP contribution is 2.16. The number of aromatic carboxylic acids is 1. The van der Waals surface area contributed by atoms with Crippen LogP contribution in [0, 0.1) is 5.82 Å². The van der Waals surface area contributed by atoms with E-state index in [0.717, 1.165) is 12.5 Å². The molecule has 4 N–H and O–H groups in total. The SMILES string of the molecule is NCCCCC(=O)Nc1ccc(C(=O)O)cc1F. The number of hydrogen-bond acceptors (Lipinski definition) is 3. The zero-order chi connectivity index (χ0) is 13.5. The Hall–Kier alpha value is -1.95. The zero-order valence-corrected chi connectivity index (χ0v) is 9.78. The van der Waals surface area contributed by atoms with Crippen molar-refractivity contribution in [1.29, 1.82) is 0 Å². The van der Waals surface area contributed by atoms with Crippen molar-refractivity contribution in [2.75, 3.05) is 11.9 Å². The van der Waals surface area contributed by atoms with Gasteiger partial charge in [-0.2, -0.15) is 0 Å². The van der Waals surface area contributed by atoms with Crippen LogP contribution in [0.1, 0.15) is 29.6 Å². The minimum absolute atomic E-state index is 0.0160. The maximum absolute atomic E-state index is 13.5. The third kappa shape index (κ3) is 4.14. The van der Waals surface area contributed by atoms with E-state index in [-0.39, 0.29) is 23.6 Å². The van der Waals surface area contributed by atoms with Gasteiger partial charge in [-0.3, -0.25) is 4.79 Å². The summed E-state index contributed by atoms with van der Waals surface area (Å²) in [5.74, 6) is -2.29. The molecule has 1 rings (SSSR count). The lowest BCUT2D eigenvalue weighted by molar-refractivity contribution is -0.116. The summed E-state index contributed by atoms with van der Waals surface area (Å²) in [7, 11) is 0. The molecule has 1 aromatic rings. The Morgan fingerprint density at radius 2 is 2.06 bits per heavy atom. The highest BCUT2D eigenvalue weighted by Gasteiger charge is 2.10. The molecule has 6 heteroatoms. The van der Waals surface area contributed by atoms with Crippen LogP contribution in [0.3, 0.4) is 0 Å². The van der Waals surface area contributed by atoms with E-state index in [2.05, 4.69) is 5.32 Å². The number of carbonyl (C=O) groups excluding carboxylic acids is 1. The van der Waals surface area contributed by atoms with Gasteiger partial charge in [0.2, 0.25) is 5.91 Å². The van der Waals surface area contributed by atoms with E-state index in [0.29, 0.717) is 13.0 Å². The first-order chi connectivity index (χ1) is 8.54. The Morgan fingerprint density at radius 3 is 2.61 bits per heavy atom. The fraction of sp³-hybridized carbons (Fsp3) is 0.333. The number of nitrogens with one attached hydrogen (secondary N) is 1. The molecule has 0 aliphatic rings. The molecule has 0 aliphatic heterocycles. The maximum atomic E-state index is 13.5. The van der Waals surface area contributed by atoms with Gasteiger partial charge >= 0.3 is 5.97 Å². The summed E-state index contributed by atoms with van der Waals surface area (Å²) < 4.78 is 13.5. The lowest BCUT2D eigenvalue weighted by Gasteiger charge is -2.06. The van der Waals surface area contributed by atoms with Gasteiger partial charge in [-0.15, -0.1) is 0 Å². The summed E-state index contributed by atoms with van der Waals surface area (Å²) in [4.78, 5) is 22.0. The topological polar surface area (TPSA) is 92.4 Å². The summed E-state index contributed by atoms with van der Waals surface area (Å²) in [6.07, 6.45) is 1.63. The van der Waals surface area contributed by atoms with Gasteiger partial charge in [0.1, 0.15) is 5.82 Å². The molecule has 0 atom stereocenters. The van der Waals surface area contributed by atoms with Crippen molar-refractivity contribution in [3.05, 3.63) is 29.6 Å². The number of benzene rings is 1. The first kappa shape index (κ1) is 14.1. The molecule has 1 amide bonds. The Balaban J connectivity index is 2.62. The first-order valence-electron chi connectivity index (χ1n) is 5.57. The van der Waals surface area contributed by atoms with Crippen LogP contribution in [0.4, 0.5) is 10.1 Å². The van der Waals surface area contributed by atoms with Crippen molar-refractivity contribution in [3.63, 3.8) is 0 Å². The number of hydrogen-bond donors (Lipinski definition) is 3. The Morgan fingerprint density at radius 1 is 1.33 bits per heavy atom. The number of carboxylic acids is 1. The summed E-state index contributed by atoms with van der Waals surface area (Å²) in [6.45, 7) is 0.509. The summed E-state index contributed by atoms with van der Waals surface area (Å²) >= 11 is 0. The summed E-state index contributed by atoms with van der Waals surface area (Å²) in [5, 5.41) is 11.0. The molecule has 0 saturated heterocycles. The van der Waals surface area contributed by atoms with Gasteiger partial charge in [0.05, 0.1) is 11.3 Å². The standard InChI is InChI=1S/C12H15FN2O3/c13-9-7-8(12(17)18)4-5-10(9)15-11(16)3-1-2-6-14/h4-5,7H,1-3,6,14H2,(H,15,16)(H,17,18). The van der Waals surface area contributed by atoms with E-state index in [9.17, 15) is 14.0 Å². The normalized spacial score (nSPS) is 10.1. The van der Waals surface area contributed by atoms with E-state index in [1.165, 1.54) is 12.1 Å². The predicted octanol–water partition coefficient (Wildman–Crippen LogP) is 1.59. The van der Waals surface area contributed by atoms with Crippen molar-refractivity contribution in [1.82, 2.24) is 0 Å². The average Bonchev–Trinajstić information content (AvgIpc) is 2.32. The number of carboxylic acid groups (broad SMARTS) is 1. The number of carbonyl (C=O) groups is 2. The zero-order valence-electron chi connectivity index (χ0n) is 9.78. The molecule has 0 aromatic heterocycles. The second-order valence-electron chi connectivity index (χ2n) is 3.79. The van der Waals surface area contributed by atoms with Crippen molar-refractivity contribution < 1.29 is 19.1 Å². The van der Waals surface area contributed by atoms with Gasteiger partial charge in [-0.05, 0) is 37.6 Å². The molecule has 18 heavy (non-hydrogen) atoms. The minimum Gasteiger partial charge on any atom is -0.478 e.